The van der Waals surface area contributed by atoms with Crippen molar-refractivity contribution in [3.8, 4) is 0 Å². The molecule has 2 rings (SSSR count). The van der Waals surface area contributed by atoms with Crippen LogP contribution < -0.4 is 0 Å². The predicted molar refractivity (Wildman–Crippen MR) is 91.8 cm³/mol. The van der Waals surface area contributed by atoms with Crippen LogP contribution in [0.2, 0.25) is 0 Å². The van der Waals surface area contributed by atoms with Crippen molar-refractivity contribution >= 4 is 43.9 Å². The van der Waals surface area contributed by atoms with Gasteiger partial charge in [0.05, 0.1) is 0 Å². The highest BCUT2D eigenvalue weighted by atomic mass is 79.9. The average Bonchev–Trinajstić information content (AvgIpc) is 2.46. The zero-order valence-electron chi connectivity index (χ0n) is 11.4. The van der Waals surface area contributed by atoms with Crippen LogP contribution in [0.4, 0.5) is 0 Å². The molecular formula is C17H14Br2O2. The lowest BCUT2D eigenvalue weighted by molar-refractivity contribution is -0.144. The molecule has 0 spiro atoms. The van der Waals surface area contributed by atoms with Crippen molar-refractivity contribution in [2.45, 2.75) is 13.0 Å². The number of hydrogen-bond donors (Lipinski definition) is 0. The third-order valence-corrected chi connectivity index (χ3v) is 3.88. The zero-order valence-corrected chi connectivity index (χ0v) is 14.6. The first-order chi connectivity index (χ1) is 10.0. The minimum atomic E-state index is -0.390. The predicted octanol–water partition coefficient (Wildman–Crippen LogP) is 5.53. The van der Waals surface area contributed by atoms with Gasteiger partial charge >= 0.3 is 5.97 Å². The largest absolute Gasteiger partial charge is 0.453 e. The van der Waals surface area contributed by atoms with Gasteiger partial charge in [-0.25, -0.2) is 0 Å². The molecule has 0 aliphatic rings. The SMILES string of the molecule is CC(=O)O[C@@H](/C=C/c1ccc(Br)cc1)c1ccc(Br)cc1. The van der Waals surface area contributed by atoms with Crippen molar-refractivity contribution in [2.75, 3.05) is 0 Å². The fourth-order valence-electron chi connectivity index (χ4n) is 1.82. The fourth-order valence-corrected chi connectivity index (χ4v) is 2.35. The highest BCUT2D eigenvalue weighted by Gasteiger charge is 2.11. The molecule has 0 amide bonds. The van der Waals surface area contributed by atoms with E-state index < -0.39 is 0 Å². The van der Waals surface area contributed by atoms with Crippen LogP contribution in [-0.2, 0) is 9.53 Å². The highest BCUT2D eigenvalue weighted by Crippen LogP contribution is 2.23. The second kappa shape index (κ2) is 7.57. The maximum absolute atomic E-state index is 11.3. The van der Waals surface area contributed by atoms with Crippen LogP contribution in [0.3, 0.4) is 0 Å². The van der Waals surface area contributed by atoms with E-state index in [1.165, 1.54) is 6.92 Å². The molecule has 0 fully saturated rings. The second-order valence-electron chi connectivity index (χ2n) is 4.49. The number of hydrogen-bond acceptors (Lipinski definition) is 2. The average molecular weight is 410 g/mol. The number of rotatable bonds is 4. The normalized spacial score (nSPS) is 12.3. The molecule has 0 N–H and O–H groups in total. The number of benzene rings is 2. The summed E-state index contributed by atoms with van der Waals surface area (Å²) < 4.78 is 7.39. The first-order valence-electron chi connectivity index (χ1n) is 6.41. The fraction of sp³-hybridized carbons (Fsp3) is 0.118. The Morgan fingerprint density at radius 2 is 1.52 bits per heavy atom. The van der Waals surface area contributed by atoms with Gasteiger partial charge in [-0.2, -0.15) is 0 Å². The first-order valence-corrected chi connectivity index (χ1v) is 7.99. The van der Waals surface area contributed by atoms with Gasteiger partial charge in [-0.15, -0.1) is 0 Å². The van der Waals surface area contributed by atoms with E-state index in [0.717, 1.165) is 20.1 Å². The molecule has 0 bridgehead atoms. The number of carbonyl (C=O) groups is 1. The Balaban J connectivity index is 2.21. The Morgan fingerprint density at radius 1 is 1.00 bits per heavy atom. The molecule has 0 aliphatic heterocycles. The van der Waals surface area contributed by atoms with Crippen molar-refractivity contribution in [1.82, 2.24) is 0 Å². The van der Waals surface area contributed by atoms with Gasteiger partial charge in [-0.3, -0.25) is 4.79 Å². The second-order valence-corrected chi connectivity index (χ2v) is 6.32. The lowest BCUT2D eigenvalue weighted by Crippen LogP contribution is -2.06. The molecule has 21 heavy (non-hydrogen) atoms. The van der Waals surface area contributed by atoms with Crippen LogP contribution in [0.1, 0.15) is 24.2 Å². The minimum Gasteiger partial charge on any atom is -0.453 e. The molecular weight excluding hydrogens is 396 g/mol. The van der Waals surface area contributed by atoms with Crippen LogP contribution in [0, 0.1) is 0 Å². The Bertz CT molecular complexity index is 631. The summed E-state index contributed by atoms with van der Waals surface area (Å²) in [6.45, 7) is 1.42. The van der Waals surface area contributed by atoms with Crippen LogP contribution >= 0.6 is 31.9 Å². The molecule has 0 saturated heterocycles. The van der Waals surface area contributed by atoms with Crippen molar-refractivity contribution in [3.63, 3.8) is 0 Å². The molecule has 0 saturated carbocycles. The van der Waals surface area contributed by atoms with Crippen molar-refractivity contribution in [1.29, 1.82) is 0 Å². The molecule has 0 radical (unpaired) electrons. The summed E-state index contributed by atoms with van der Waals surface area (Å²) in [6, 6.07) is 15.7. The van der Waals surface area contributed by atoms with Gasteiger partial charge in [-0.1, -0.05) is 62.2 Å². The van der Waals surface area contributed by atoms with E-state index in [1.54, 1.807) is 0 Å². The van der Waals surface area contributed by atoms with Crippen molar-refractivity contribution < 1.29 is 9.53 Å². The quantitative estimate of drug-likeness (QED) is 0.620. The summed E-state index contributed by atoms with van der Waals surface area (Å²) in [7, 11) is 0. The van der Waals surface area contributed by atoms with E-state index in [9.17, 15) is 4.79 Å². The third kappa shape index (κ3) is 5.14. The van der Waals surface area contributed by atoms with E-state index in [2.05, 4.69) is 31.9 Å². The maximum Gasteiger partial charge on any atom is 0.303 e. The van der Waals surface area contributed by atoms with Gasteiger partial charge in [-0.05, 0) is 41.5 Å². The van der Waals surface area contributed by atoms with E-state index in [4.69, 9.17) is 4.74 Å². The number of esters is 1. The van der Waals surface area contributed by atoms with E-state index in [1.807, 2.05) is 60.7 Å². The van der Waals surface area contributed by atoms with Crippen LogP contribution in [0.15, 0.2) is 63.6 Å². The highest BCUT2D eigenvalue weighted by molar-refractivity contribution is 9.10. The summed E-state index contributed by atoms with van der Waals surface area (Å²) in [4.78, 5) is 11.3. The number of carbonyl (C=O) groups excluding carboxylic acids is 1. The van der Waals surface area contributed by atoms with Crippen molar-refractivity contribution in [2.24, 2.45) is 0 Å². The van der Waals surface area contributed by atoms with Gasteiger partial charge in [0, 0.05) is 15.9 Å². The number of ether oxygens (including phenoxy) is 1. The molecule has 1 atom stereocenters. The summed E-state index contributed by atoms with van der Waals surface area (Å²) in [5, 5.41) is 0. The molecule has 0 aromatic heterocycles. The molecule has 2 aromatic carbocycles. The topological polar surface area (TPSA) is 26.3 Å². The smallest absolute Gasteiger partial charge is 0.303 e. The summed E-state index contributed by atoms with van der Waals surface area (Å²) in [6.07, 6.45) is 3.44. The third-order valence-electron chi connectivity index (χ3n) is 2.82. The molecule has 108 valence electrons. The summed E-state index contributed by atoms with van der Waals surface area (Å²) in [5.41, 5.74) is 1.98. The van der Waals surface area contributed by atoms with Crippen LogP contribution in [0.5, 0.6) is 0 Å². The number of halogens is 2. The van der Waals surface area contributed by atoms with E-state index in [-0.39, 0.29) is 12.1 Å². The van der Waals surface area contributed by atoms with E-state index >= 15 is 0 Å². The maximum atomic E-state index is 11.3. The first kappa shape index (κ1) is 16.0. The Kier molecular flexibility index (Phi) is 5.76. The van der Waals surface area contributed by atoms with Crippen molar-refractivity contribution in [3.05, 3.63) is 74.7 Å². The van der Waals surface area contributed by atoms with Gasteiger partial charge in [0.2, 0.25) is 0 Å². The summed E-state index contributed by atoms with van der Waals surface area (Å²) >= 11 is 6.80. The minimum absolute atomic E-state index is 0.302. The lowest BCUT2D eigenvalue weighted by atomic mass is 10.1. The van der Waals surface area contributed by atoms with Crippen LogP contribution in [0.25, 0.3) is 6.08 Å². The Hall–Kier alpha value is -1.39. The molecule has 4 heteroatoms. The van der Waals surface area contributed by atoms with Gasteiger partial charge in [0.25, 0.3) is 0 Å². The monoisotopic (exact) mass is 408 g/mol. The standard InChI is InChI=1S/C17H14Br2O2/c1-12(20)21-17(14-5-9-16(19)10-6-14)11-4-13-2-7-15(18)8-3-13/h2-11,17H,1H3/b11-4+/t17-/m0/s1. The van der Waals surface area contributed by atoms with Gasteiger partial charge in [0.15, 0.2) is 0 Å². The Morgan fingerprint density at radius 3 is 2.05 bits per heavy atom. The molecule has 2 nitrogen and oxygen atoms in total. The van der Waals surface area contributed by atoms with E-state index in [0.29, 0.717) is 0 Å². The molecule has 0 aliphatic carbocycles. The molecule has 2 aromatic rings. The molecule has 0 unspecified atom stereocenters. The lowest BCUT2D eigenvalue weighted by Gasteiger charge is -2.13. The van der Waals surface area contributed by atoms with Gasteiger partial charge in [0.1, 0.15) is 6.10 Å². The molecule has 0 heterocycles. The van der Waals surface area contributed by atoms with Gasteiger partial charge < -0.3 is 4.74 Å². The van der Waals surface area contributed by atoms with Crippen LogP contribution in [-0.4, -0.2) is 5.97 Å². The zero-order chi connectivity index (χ0) is 15.2. The summed E-state index contributed by atoms with van der Waals surface area (Å²) in [5.74, 6) is -0.302. The Labute approximate surface area is 141 Å².